The van der Waals surface area contributed by atoms with Gasteiger partial charge < -0.3 is 19.3 Å². The van der Waals surface area contributed by atoms with Crippen molar-refractivity contribution in [3.05, 3.63) is 35.9 Å². The minimum Gasteiger partial charge on any atom is -0.390 e. The van der Waals surface area contributed by atoms with E-state index in [4.69, 9.17) is 14.2 Å². The zero-order valence-electron chi connectivity index (χ0n) is 13.7. The number of hydrogen-bond acceptors (Lipinski definition) is 4. The number of benzene rings is 1. The van der Waals surface area contributed by atoms with Gasteiger partial charge in [0.1, 0.15) is 6.10 Å². The molecule has 4 heteroatoms. The third-order valence-electron chi connectivity index (χ3n) is 4.74. The molecule has 0 amide bonds. The van der Waals surface area contributed by atoms with Gasteiger partial charge in [0.25, 0.3) is 0 Å². The maximum Gasteiger partial charge on any atom is 0.158 e. The lowest BCUT2D eigenvalue weighted by atomic mass is 9.97. The van der Waals surface area contributed by atoms with Crippen molar-refractivity contribution in [2.75, 3.05) is 6.61 Å². The molecule has 0 aromatic heterocycles. The van der Waals surface area contributed by atoms with Crippen LogP contribution in [0, 0.1) is 0 Å². The van der Waals surface area contributed by atoms with Crippen molar-refractivity contribution in [2.45, 2.75) is 76.2 Å². The molecular formula is C19H28O4. The minimum absolute atomic E-state index is 0.188. The van der Waals surface area contributed by atoms with E-state index in [1.54, 1.807) is 0 Å². The molecule has 1 aliphatic heterocycles. The van der Waals surface area contributed by atoms with Crippen molar-refractivity contribution in [1.29, 1.82) is 0 Å². The number of aliphatic hydroxyl groups is 1. The highest BCUT2D eigenvalue weighted by Gasteiger charge is 2.32. The van der Waals surface area contributed by atoms with Crippen LogP contribution in [0.15, 0.2) is 30.3 Å². The van der Waals surface area contributed by atoms with Crippen LogP contribution in [0.4, 0.5) is 0 Å². The minimum atomic E-state index is -0.461. The molecule has 0 bridgehead atoms. The van der Waals surface area contributed by atoms with Gasteiger partial charge in [-0.05, 0) is 24.8 Å². The van der Waals surface area contributed by atoms with Crippen molar-refractivity contribution in [1.82, 2.24) is 0 Å². The molecule has 1 saturated heterocycles. The first-order valence-electron chi connectivity index (χ1n) is 8.92. The molecular weight excluding hydrogens is 292 g/mol. The van der Waals surface area contributed by atoms with Crippen LogP contribution < -0.4 is 0 Å². The maximum absolute atomic E-state index is 10.1. The molecule has 1 aromatic rings. The van der Waals surface area contributed by atoms with E-state index in [1.165, 1.54) is 19.3 Å². The molecule has 0 unspecified atom stereocenters. The van der Waals surface area contributed by atoms with E-state index in [-0.39, 0.29) is 12.4 Å². The van der Waals surface area contributed by atoms with Gasteiger partial charge in [-0.1, -0.05) is 49.6 Å². The van der Waals surface area contributed by atoms with Crippen LogP contribution in [0.5, 0.6) is 0 Å². The average molecular weight is 320 g/mol. The highest BCUT2D eigenvalue weighted by molar-refractivity contribution is 5.13. The standard InChI is InChI=1S/C19H28O4/c20-17-11-12-19(22-16-9-5-2-6-10-16)23-18(17)14-21-13-15-7-3-1-4-8-15/h1,3-4,7-8,16-20H,2,5-6,9-14H2/t17-,18-,19-/m1/s1. The molecule has 1 saturated carbocycles. The fourth-order valence-electron chi connectivity index (χ4n) is 3.38. The molecule has 3 rings (SSSR count). The Hall–Kier alpha value is -0.940. The van der Waals surface area contributed by atoms with Gasteiger partial charge in [-0.25, -0.2) is 0 Å². The normalized spacial score (nSPS) is 29.5. The Labute approximate surface area is 138 Å². The van der Waals surface area contributed by atoms with Crippen molar-refractivity contribution in [3.63, 3.8) is 0 Å². The Morgan fingerprint density at radius 1 is 1.00 bits per heavy atom. The van der Waals surface area contributed by atoms with Crippen LogP contribution in [0.25, 0.3) is 0 Å². The summed E-state index contributed by atoms with van der Waals surface area (Å²) in [6.45, 7) is 0.947. The molecule has 4 nitrogen and oxygen atoms in total. The highest BCUT2D eigenvalue weighted by Crippen LogP contribution is 2.27. The van der Waals surface area contributed by atoms with Crippen LogP contribution in [0.1, 0.15) is 50.5 Å². The Kier molecular flexibility index (Phi) is 6.46. The molecule has 1 heterocycles. The maximum atomic E-state index is 10.1. The summed E-state index contributed by atoms with van der Waals surface area (Å²) < 4.78 is 17.8. The molecule has 0 radical (unpaired) electrons. The Morgan fingerprint density at radius 2 is 1.78 bits per heavy atom. The lowest BCUT2D eigenvalue weighted by Crippen LogP contribution is -2.43. The van der Waals surface area contributed by atoms with Crippen molar-refractivity contribution < 1.29 is 19.3 Å². The van der Waals surface area contributed by atoms with E-state index in [0.29, 0.717) is 19.3 Å². The second-order valence-corrected chi connectivity index (χ2v) is 6.65. The van der Waals surface area contributed by atoms with E-state index >= 15 is 0 Å². The van der Waals surface area contributed by atoms with Gasteiger partial charge in [0, 0.05) is 6.42 Å². The highest BCUT2D eigenvalue weighted by atomic mass is 16.7. The number of aliphatic hydroxyl groups excluding tert-OH is 1. The molecule has 1 aromatic carbocycles. The predicted octanol–water partition coefficient (Wildman–Crippen LogP) is 3.42. The fourth-order valence-corrected chi connectivity index (χ4v) is 3.38. The topological polar surface area (TPSA) is 47.9 Å². The monoisotopic (exact) mass is 320 g/mol. The third kappa shape index (κ3) is 5.28. The van der Waals surface area contributed by atoms with E-state index in [9.17, 15) is 5.11 Å². The molecule has 2 fully saturated rings. The molecule has 128 valence electrons. The predicted molar refractivity (Wildman–Crippen MR) is 88.0 cm³/mol. The SMILES string of the molecule is O[C@@H]1CC[C@H](OC2CCCCC2)O[C@@H]1COCc1ccccc1. The summed E-state index contributed by atoms with van der Waals surface area (Å²) in [7, 11) is 0. The zero-order valence-corrected chi connectivity index (χ0v) is 13.7. The van der Waals surface area contributed by atoms with Crippen LogP contribution >= 0.6 is 0 Å². The van der Waals surface area contributed by atoms with E-state index in [1.807, 2.05) is 30.3 Å². The first-order valence-corrected chi connectivity index (χ1v) is 8.92. The number of rotatable bonds is 6. The second kappa shape index (κ2) is 8.78. The average Bonchev–Trinajstić information content (AvgIpc) is 2.59. The summed E-state index contributed by atoms with van der Waals surface area (Å²) >= 11 is 0. The van der Waals surface area contributed by atoms with Gasteiger partial charge in [0.2, 0.25) is 0 Å². The molecule has 1 aliphatic carbocycles. The lowest BCUT2D eigenvalue weighted by molar-refractivity contribution is -0.251. The number of hydrogen-bond donors (Lipinski definition) is 1. The van der Waals surface area contributed by atoms with Gasteiger partial charge in [-0.15, -0.1) is 0 Å². The van der Waals surface area contributed by atoms with Gasteiger partial charge in [-0.2, -0.15) is 0 Å². The van der Waals surface area contributed by atoms with Gasteiger partial charge in [-0.3, -0.25) is 0 Å². The fraction of sp³-hybridized carbons (Fsp3) is 0.684. The molecule has 2 aliphatic rings. The lowest BCUT2D eigenvalue weighted by Gasteiger charge is -2.36. The van der Waals surface area contributed by atoms with Gasteiger partial charge in [0.05, 0.1) is 25.4 Å². The first kappa shape index (κ1) is 16.9. The van der Waals surface area contributed by atoms with Crippen LogP contribution in [-0.2, 0) is 20.8 Å². The van der Waals surface area contributed by atoms with Crippen LogP contribution in [0.2, 0.25) is 0 Å². The molecule has 1 N–H and O–H groups in total. The molecule has 23 heavy (non-hydrogen) atoms. The Bertz CT molecular complexity index is 444. The molecule has 0 spiro atoms. The number of ether oxygens (including phenoxy) is 3. The molecule has 3 atom stereocenters. The van der Waals surface area contributed by atoms with E-state index in [2.05, 4.69) is 0 Å². The van der Waals surface area contributed by atoms with Gasteiger partial charge >= 0.3 is 0 Å². The Morgan fingerprint density at radius 3 is 2.57 bits per heavy atom. The Balaban J connectivity index is 1.42. The van der Waals surface area contributed by atoms with E-state index in [0.717, 1.165) is 31.2 Å². The van der Waals surface area contributed by atoms with Crippen LogP contribution in [-0.4, -0.2) is 36.3 Å². The summed E-state index contributed by atoms with van der Waals surface area (Å²) in [4.78, 5) is 0. The second-order valence-electron chi connectivity index (χ2n) is 6.65. The summed E-state index contributed by atoms with van der Waals surface area (Å²) in [5.41, 5.74) is 1.13. The summed E-state index contributed by atoms with van der Waals surface area (Å²) in [6.07, 6.45) is 6.98. The van der Waals surface area contributed by atoms with Crippen molar-refractivity contribution in [2.24, 2.45) is 0 Å². The quantitative estimate of drug-likeness (QED) is 0.872. The largest absolute Gasteiger partial charge is 0.390 e. The smallest absolute Gasteiger partial charge is 0.158 e. The summed E-state index contributed by atoms with van der Waals surface area (Å²) in [5.74, 6) is 0. The third-order valence-corrected chi connectivity index (χ3v) is 4.74. The van der Waals surface area contributed by atoms with Crippen molar-refractivity contribution >= 4 is 0 Å². The summed E-state index contributed by atoms with van der Waals surface area (Å²) in [6, 6.07) is 10.1. The van der Waals surface area contributed by atoms with Crippen LogP contribution in [0.3, 0.4) is 0 Å². The summed E-state index contributed by atoms with van der Waals surface area (Å²) in [5, 5.41) is 10.1. The first-order chi connectivity index (χ1) is 11.3. The zero-order chi connectivity index (χ0) is 15.9. The van der Waals surface area contributed by atoms with E-state index < -0.39 is 6.10 Å². The van der Waals surface area contributed by atoms with Gasteiger partial charge in [0.15, 0.2) is 6.29 Å². The van der Waals surface area contributed by atoms with Crippen molar-refractivity contribution in [3.8, 4) is 0 Å².